The highest BCUT2D eigenvalue weighted by molar-refractivity contribution is 5.54. The second-order valence-electron chi connectivity index (χ2n) is 3.97. The van der Waals surface area contributed by atoms with Gasteiger partial charge in [0.2, 0.25) is 0 Å². The van der Waals surface area contributed by atoms with Crippen LogP contribution in [0.5, 0.6) is 11.5 Å². The van der Waals surface area contributed by atoms with Gasteiger partial charge in [-0.15, -0.1) is 0 Å². The van der Waals surface area contributed by atoms with Crippen LogP contribution in [0.25, 0.3) is 0 Å². The van der Waals surface area contributed by atoms with E-state index < -0.39 is 0 Å². The number of aromatic nitrogens is 1. The van der Waals surface area contributed by atoms with Crippen molar-refractivity contribution < 1.29 is 9.47 Å². The second-order valence-corrected chi connectivity index (χ2v) is 3.97. The number of pyridine rings is 1. The summed E-state index contributed by atoms with van der Waals surface area (Å²) in [6.07, 6.45) is 1.79. The van der Waals surface area contributed by atoms with Crippen LogP contribution >= 0.6 is 0 Å². The molecule has 2 rings (SSSR count). The fraction of sp³-hybridized carbons (Fsp3) is 0.267. The van der Waals surface area contributed by atoms with E-state index in [1.54, 1.807) is 13.3 Å². The molecule has 19 heavy (non-hydrogen) atoms. The summed E-state index contributed by atoms with van der Waals surface area (Å²) >= 11 is 0. The zero-order valence-electron chi connectivity index (χ0n) is 11.2. The Bertz CT molecular complexity index is 515. The molecular formula is C15H18N2O2. The summed E-state index contributed by atoms with van der Waals surface area (Å²) in [6, 6.07) is 11.7. The van der Waals surface area contributed by atoms with Crippen molar-refractivity contribution in [3.05, 3.63) is 48.3 Å². The number of methoxy groups -OCH3 is 1. The molecule has 0 saturated carbocycles. The zero-order chi connectivity index (χ0) is 13.5. The SMILES string of the molecule is CCOc1cc(NCc2ccccn2)ccc1OC. The summed E-state index contributed by atoms with van der Waals surface area (Å²) in [5, 5.41) is 3.31. The van der Waals surface area contributed by atoms with Gasteiger partial charge < -0.3 is 14.8 Å². The van der Waals surface area contributed by atoms with E-state index in [1.165, 1.54) is 0 Å². The molecule has 0 bridgehead atoms. The van der Waals surface area contributed by atoms with E-state index in [0.29, 0.717) is 13.2 Å². The van der Waals surface area contributed by atoms with Crippen LogP contribution < -0.4 is 14.8 Å². The Kier molecular flexibility index (Phi) is 4.61. The zero-order valence-corrected chi connectivity index (χ0v) is 11.2. The van der Waals surface area contributed by atoms with Crippen LogP contribution in [-0.2, 0) is 6.54 Å². The summed E-state index contributed by atoms with van der Waals surface area (Å²) in [4.78, 5) is 4.27. The van der Waals surface area contributed by atoms with Gasteiger partial charge in [0.05, 0.1) is 26.0 Å². The summed E-state index contributed by atoms with van der Waals surface area (Å²) < 4.78 is 10.8. The van der Waals surface area contributed by atoms with Crippen molar-refractivity contribution in [3.63, 3.8) is 0 Å². The maximum absolute atomic E-state index is 5.54. The quantitative estimate of drug-likeness (QED) is 0.864. The number of anilines is 1. The van der Waals surface area contributed by atoms with Gasteiger partial charge in [-0.05, 0) is 31.2 Å². The molecule has 0 unspecified atom stereocenters. The summed E-state index contributed by atoms with van der Waals surface area (Å²) in [5.41, 5.74) is 1.98. The molecule has 2 aromatic rings. The highest BCUT2D eigenvalue weighted by Gasteiger charge is 2.05. The van der Waals surface area contributed by atoms with E-state index in [1.807, 2.05) is 43.3 Å². The Labute approximate surface area is 113 Å². The molecule has 0 spiro atoms. The highest BCUT2D eigenvalue weighted by Crippen LogP contribution is 2.30. The number of nitrogens with one attached hydrogen (secondary N) is 1. The fourth-order valence-electron chi connectivity index (χ4n) is 1.75. The van der Waals surface area contributed by atoms with Crippen molar-refractivity contribution in [2.75, 3.05) is 19.0 Å². The average molecular weight is 258 g/mol. The van der Waals surface area contributed by atoms with Crippen LogP contribution in [0.3, 0.4) is 0 Å². The lowest BCUT2D eigenvalue weighted by molar-refractivity contribution is 0.311. The van der Waals surface area contributed by atoms with Crippen molar-refractivity contribution in [2.24, 2.45) is 0 Å². The Morgan fingerprint density at radius 2 is 2.05 bits per heavy atom. The predicted molar refractivity (Wildman–Crippen MR) is 75.7 cm³/mol. The van der Waals surface area contributed by atoms with Gasteiger partial charge in [0.15, 0.2) is 11.5 Å². The molecule has 1 aromatic carbocycles. The molecule has 4 nitrogen and oxygen atoms in total. The maximum atomic E-state index is 5.54. The van der Waals surface area contributed by atoms with Gasteiger partial charge in [-0.25, -0.2) is 0 Å². The first-order valence-electron chi connectivity index (χ1n) is 6.28. The van der Waals surface area contributed by atoms with Crippen molar-refractivity contribution in [1.29, 1.82) is 0 Å². The number of hydrogen-bond acceptors (Lipinski definition) is 4. The molecular weight excluding hydrogens is 240 g/mol. The first kappa shape index (κ1) is 13.2. The van der Waals surface area contributed by atoms with E-state index in [-0.39, 0.29) is 0 Å². The summed E-state index contributed by atoms with van der Waals surface area (Å²) in [7, 11) is 1.64. The molecule has 0 aliphatic carbocycles. The first-order chi connectivity index (χ1) is 9.33. The third kappa shape index (κ3) is 3.61. The minimum absolute atomic E-state index is 0.611. The van der Waals surface area contributed by atoms with Gasteiger partial charge in [-0.2, -0.15) is 0 Å². The van der Waals surface area contributed by atoms with Gasteiger partial charge in [0, 0.05) is 18.0 Å². The van der Waals surface area contributed by atoms with Crippen molar-refractivity contribution in [2.45, 2.75) is 13.5 Å². The molecule has 0 saturated heterocycles. The number of nitrogens with zero attached hydrogens (tertiary/aromatic N) is 1. The molecule has 4 heteroatoms. The number of ether oxygens (including phenoxy) is 2. The van der Waals surface area contributed by atoms with Gasteiger partial charge in [0.25, 0.3) is 0 Å². The van der Waals surface area contributed by atoms with Crippen LogP contribution in [0.2, 0.25) is 0 Å². The van der Waals surface area contributed by atoms with Crippen molar-refractivity contribution in [3.8, 4) is 11.5 Å². The average Bonchev–Trinajstić information content (AvgIpc) is 2.47. The molecule has 1 N–H and O–H groups in total. The predicted octanol–water partition coefficient (Wildman–Crippen LogP) is 3.10. The smallest absolute Gasteiger partial charge is 0.163 e. The van der Waals surface area contributed by atoms with E-state index in [2.05, 4.69) is 10.3 Å². The monoisotopic (exact) mass is 258 g/mol. The van der Waals surface area contributed by atoms with E-state index in [9.17, 15) is 0 Å². The van der Waals surface area contributed by atoms with Crippen molar-refractivity contribution in [1.82, 2.24) is 4.98 Å². The Morgan fingerprint density at radius 3 is 2.74 bits per heavy atom. The van der Waals surface area contributed by atoms with Crippen LogP contribution in [0, 0.1) is 0 Å². The number of benzene rings is 1. The number of rotatable bonds is 6. The van der Waals surface area contributed by atoms with E-state index in [4.69, 9.17) is 9.47 Å². The largest absolute Gasteiger partial charge is 0.493 e. The maximum Gasteiger partial charge on any atom is 0.163 e. The topological polar surface area (TPSA) is 43.4 Å². The lowest BCUT2D eigenvalue weighted by Gasteiger charge is -2.12. The van der Waals surface area contributed by atoms with Crippen LogP contribution in [-0.4, -0.2) is 18.7 Å². The van der Waals surface area contributed by atoms with Gasteiger partial charge >= 0.3 is 0 Å². The fourth-order valence-corrected chi connectivity index (χ4v) is 1.75. The molecule has 0 aliphatic heterocycles. The van der Waals surface area contributed by atoms with Crippen LogP contribution in [0.1, 0.15) is 12.6 Å². The minimum atomic E-state index is 0.611. The molecule has 0 aliphatic rings. The normalized spacial score (nSPS) is 10.0. The lowest BCUT2D eigenvalue weighted by atomic mass is 10.2. The molecule has 0 radical (unpaired) electrons. The molecule has 1 aromatic heterocycles. The van der Waals surface area contributed by atoms with Crippen molar-refractivity contribution >= 4 is 5.69 Å². The van der Waals surface area contributed by atoms with Gasteiger partial charge in [-0.1, -0.05) is 6.07 Å². The molecule has 0 amide bonds. The third-order valence-electron chi connectivity index (χ3n) is 2.66. The van der Waals surface area contributed by atoms with Crippen LogP contribution in [0.4, 0.5) is 5.69 Å². The Balaban J connectivity index is 2.06. The van der Waals surface area contributed by atoms with Crippen LogP contribution in [0.15, 0.2) is 42.6 Å². The van der Waals surface area contributed by atoms with E-state index in [0.717, 1.165) is 22.9 Å². The molecule has 100 valence electrons. The van der Waals surface area contributed by atoms with E-state index >= 15 is 0 Å². The highest BCUT2D eigenvalue weighted by atomic mass is 16.5. The standard InChI is InChI=1S/C15H18N2O2/c1-3-19-15-10-12(7-8-14(15)18-2)17-11-13-6-4-5-9-16-13/h4-10,17H,3,11H2,1-2H3. The Hall–Kier alpha value is -2.23. The molecule has 1 heterocycles. The lowest BCUT2D eigenvalue weighted by Crippen LogP contribution is -2.02. The van der Waals surface area contributed by atoms with Gasteiger partial charge in [-0.3, -0.25) is 4.98 Å². The third-order valence-corrected chi connectivity index (χ3v) is 2.66. The second kappa shape index (κ2) is 6.64. The number of hydrogen-bond donors (Lipinski definition) is 1. The Morgan fingerprint density at radius 1 is 1.16 bits per heavy atom. The summed E-state index contributed by atoms with van der Waals surface area (Å²) in [5.74, 6) is 1.49. The minimum Gasteiger partial charge on any atom is -0.493 e. The summed E-state index contributed by atoms with van der Waals surface area (Å²) in [6.45, 7) is 3.24. The molecule has 0 fully saturated rings. The van der Waals surface area contributed by atoms with Gasteiger partial charge in [0.1, 0.15) is 0 Å². The first-order valence-corrected chi connectivity index (χ1v) is 6.28. The molecule has 0 atom stereocenters.